The van der Waals surface area contributed by atoms with E-state index >= 15 is 0 Å². The number of nitrogens with one attached hydrogen (secondary N) is 2. The van der Waals surface area contributed by atoms with E-state index < -0.39 is 5.54 Å². The number of piperidine rings is 1. The molecule has 6 nitrogen and oxygen atoms in total. The lowest BCUT2D eigenvalue weighted by atomic mass is 9.96. The van der Waals surface area contributed by atoms with Crippen molar-refractivity contribution in [2.45, 2.75) is 45.2 Å². The summed E-state index contributed by atoms with van der Waals surface area (Å²) in [6.07, 6.45) is 1.91. The lowest BCUT2D eigenvalue weighted by Gasteiger charge is -2.44. The highest BCUT2D eigenvalue weighted by molar-refractivity contribution is 5.85. The fraction of sp³-hybridized carbons (Fsp3) is 0.867. The van der Waals surface area contributed by atoms with Crippen molar-refractivity contribution in [3.63, 3.8) is 0 Å². The number of rotatable bonds is 3. The smallest absolute Gasteiger partial charge is 0.242 e. The van der Waals surface area contributed by atoms with Crippen LogP contribution in [0.1, 0.15) is 33.6 Å². The van der Waals surface area contributed by atoms with Crippen LogP contribution >= 0.6 is 0 Å². The topological polar surface area (TPSA) is 64.7 Å². The fourth-order valence-electron chi connectivity index (χ4n) is 3.31. The summed E-state index contributed by atoms with van der Waals surface area (Å²) in [5.41, 5.74) is -0.472. The average Bonchev–Trinajstić information content (AvgIpc) is 2.47. The Morgan fingerprint density at radius 2 is 1.86 bits per heavy atom. The van der Waals surface area contributed by atoms with Gasteiger partial charge >= 0.3 is 0 Å². The minimum absolute atomic E-state index is 0.0179. The predicted octanol–water partition coefficient (Wildman–Crippen LogP) is -0.203. The summed E-state index contributed by atoms with van der Waals surface area (Å²) >= 11 is 0. The summed E-state index contributed by atoms with van der Waals surface area (Å²) in [5, 5.41) is 6.26. The van der Waals surface area contributed by atoms with Gasteiger partial charge in [0.15, 0.2) is 0 Å². The lowest BCUT2D eigenvalue weighted by Crippen LogP contribution is -2.62. The first-order valence-electron chi connectivity index (χ1n) is 7.93. The van der Waals surface area contributed by atoms with E-state index in [-0.39, 0.29) is 17.9 Å². The van der Waals surface area contributed by atoms with Crippen molar-refractivity contribution in [1.29, 1.82) is 0 Å². The van der Waals surface area contributed by atoms with Crippen LogP contribution in [0, 0.1) is 0 Å². The largest absolute Gasteiger partial charge is 0.352 e. The Bertz CT molecular complexity index is 391. The van der Waals surface area contributed by atoms with Crippen LogP contribution in [0.3, 0.4) is 0 Å². The van der Waals surface area contributed by atoms with Crippen LogP contribution in [0.2, 0.25) is 0 Å². The van der Waals surface area contributed by atoms with Crippen molar-refractivity contribution >= 4 is 11.8 Å². The summed E-state index contributed by atoms with van der Waals surface area (Å²) in [5.74, 6) is 0.162. The van der Waals surface area contributed by atoms with Crippen molar-refractivity contribution in [3.05, 3.63) is 0 Å². The van der Waals surface area contributed by atoms with E-state index in [1.165, 1.54) is 6.92 Å². The van der Waals surface area contributed by atoms with Gasteiger partial charge in [-0.25, -0.2) is 0 Å². The zero-order chi connectivity index (χ0) is 15.5. The molecular weight excluding hydrogens is 268 g/mol. The molecule has 2 N–H and O–H groups in total. The molecule has 0 spiro atoms. The molecule has 6 heteroatoms. The van der Waals surface area contributed by atoms with Gasteiger partial charge in [0.25, 0.3) is 0 Å². The summed E-state index contributed by atoms with van der Waals surface area (Å²) in [6.45, 7) is 10.7. The molecule has 0 aliphatic carbocycles. The Balaban J connectivity index is 1.98. The highest BCUT2D eigenvalue weighted by atomic mass is 16.2. The van der Waals surface area contributed by atoms with Crippen LogP contribution < -0.4 is 10.6 Å². The summed E-state index contributed by atoms with van der Waals surface area (Å²) in [6, 6.07) is 0.0963. The fourth-order valence-corrected chi connectivity index (χ4v) is 3.31. The quantitative estimate of drug-likeness (QED) is 0.757. The molecule has 0 aromatic rings. The molecule has 0 saturated carbocycles. The van der Waals surface area contributed by atoms with Crippen LogP contribution in [-0.4, -0.2) is 72.5 Å². The first kappa shape index (κ1) is 16.2. The van der Waals surface area contributed by atoms with Gasteiger partial charge in [0.1, 0.15) is 0 Å². The van der Waals surface area contributed by atoms with Crippen LogP contribution in [0.4, 0.5) is 0 Å². The van der Waals surface area contributed by atoms with E-state index in [9.17, 15) is 9.59 Å². The molecule has 2 heterocycles. The maximum atomic E-state index is 12.9. The SMILES string of the molecule is CC(=O)NC1CCCN(C(=O)C(C)(C)N2CCNCC2)C1. The normalized spacial score (nSPS) is 24.7. The molecule has 2 amide bonds. The third-order valence-electron chi connectivity index (χ3n) is 4.55. The highest BCUT2D eigenvalue weighted by Crippen LogP contribution is 2.21. The Morgan fingerprint density at radius 1 is 1.19 bits per heavy atom. The van der Waals surface area contributed by atoms with Crippen molar-refractivity contribution in [1.82, 2.24) is 20.4 Å². The van der Waals surface area contributed by atoms with Crippen LogP contribution in [0.25, 0.3) is 0 Å². The maximum absolute atomic E-state index is 12.9. The number of carbonyl (C=O) groups excluding carboxylic acids is 2. The molecule has 0 aromatic carbocycles. The summed E-state index contributed by atoms with van der Waals surface area (Å²) in [4.78, 5) is 28.3. The third-order valence-corrected chi connectivity index (χ3v) is 4.55. The van der Waals surface area contributed by atoms with E-state index in [0.717, 1.165) is 45.6 Å². The minimum atomic E-state index is -0.472. The Labute approximate surface area is 127 Å². The molecule has 120 valence electrons. The molecule has 0 bridgehead atoms. The van der Waals surface area contributed by atoms with E-state index in [2.05, 4.69) is 15.5 Å². The predicted molar refractivity (Wildman–Crippen MR) is 81.9 cm³/mol. The zero-order valence-electron chi connectivity index (χ0n) is 13.4. The molecule has 2 rings (SSSR count). The Hall–Kier alpha value is -1.14. The highest BCUT2D eigenvalue weighted by Gasteiger charge is 2.39. The van der Waals surface area contributed by atoms with E-state index in [0.29, 0.717) is 6.54 Å². The Kier molecular flexibility index (Phi) is 5.22. The van der Waals surface area contributed by atoms with Crippen LogP contribution in [0.5, 0.6) is 0 Å². The standard InChI is InChI=1S/C15H28N4O2/c1-12(20)17-13-5-4-8-18(11-13)14(21)15(2,3)19-9-6-16-7-10-19/h13,16H,4-11H2,1-3H3,(H,17,20). The zero-order valence-corrected chi connectivity index (χ0v) is 13.4. The van der Waals surface area contributed by atoms with Gasteiger partial charge in [-0.3, -0.25) is 14.5 Å². The molecule has 2 saturated heterocycles. The van der Waals surface area contributed by atoms with Crippen LogP contribution in [0.15, 0.2) is 0 Å². The second kappa shape index (κ2) is 6.75. The second-order valence-electron chi connectivity index (χ2n) is 6.59. The van der Waals surface area contributed by atoms with Gasteiger partial charge in [0, 0.05) is 52.2 Å². The van der Waals surface area contributed by atoms with Crippen molar-refractivity contribution in [3.8, 4) is 0 Å². The molecule has 2 aliphatic heterocycles. The minimum Gasteiger partial charge on any atom is -0.352 e. The molecule has 2 aliphatic rings. The number of piperazine rings is 1. The monoisotopic (exact) mass is 296 g/mol. The lowest BCUT2D eigenvalue weighted by molar-refractivity contribution is -0.145. The Morgan fingerprint density at radius 3 is 2.48 bits per heavy atom. The number of hydrogen-bond acceptors (Lipinski definition) is 4. The van der Waals surface area contributed by atoms with Gasteiger partial charge in [-0.05, 0) is 26.7 Å². The molecular formula is C15H28N4O2. The summed E-state index contributed by atoms with van der Waals surface area (Å²) < 4.78 is 0. The number of amides is 2. The molecule has 2 fully saturated rings. The third kappa shape index (κ3) is 3.95. The number of hydrogen-bond donors (Lipinski definition) is 2. The number of likely N-dealkylation sites (tertiary alicyclic amines) is 1. The van der Waals surface area contributed by atoms with Gasteiger partial charge in [-0.2, -0.15) is 0 Å². The first-order chi connectivity index (χ1) is 9.91. The molecule has 0 aromatic heterocycles. The van der Waals surface area contributed by atoms with Gasteiger partial charge in [0.05, 0.1) is 5.54 Å². The van der Waals surface area contributed by atoms with Gasteiger partial charge < -0.3 is 15.5 Å². The molecule has 21 heavy (non-hydrogen) atoms. The van der Waals surface area contributed by atoms with Crippen molar-refractivity contribution < 1.29 is 9.59 Å². The van der Waals surface area contributed by atoms with E-state index in [4.69, 9.17) is 0 Å². The second-order valence-corrected chi connectivity index (χ2v) is 6.59. The van der Waals surface area contributed by atoms with Crippen molar-refractivity contribution in [2.75, 3.05) is 39.3 Å². The van der Waals surface area contributed by atoms with E-state index in [1.54, 1.807) is 0 Å². The van der Waals surface area contributed by atoms with Crippen LogP contribution in [-0.2, 0) is 9.59 Å². The maximum Gasteiger partial charge on any atom is 0.242 e. The average molecular weight is 296 g/mol. The molecule has 1 unspecified atom stereocenters. The first-order valence-corrected chi connectivity index (χ1v) is 7.93. The molecule has 1 atom stereocenters. The summed E-state index contributed by atoms with van der Waals surface area (Å²) in [7, 11) is 0. The van der Waals surface area contributed by atoms with Gasteiger partial charge in [-0.1, -0.05) is 0 Å². The van der Waals surface area contributed by atoms with Gasteiger partial charge in [0.2, 0.25) is 11.8 Å². The van der Waals surface area contributed by atoms with Gasteiger partial charge in [-0.15, -0.1) is 0 Å². The van der Waals surface area contributed by atoms with E-state index in [1.807, 2.05) is 18.7 Å². The molecule has 0 radical (unpaired) electrons. The van der Waals surface area contributed by atoms with Crippen molar-refractivity contribution in [2.24, 2.45) is 0 Å². The number of carbonyl (C=O) groups is 2. The number of nitrogens with zero attached hydrogens (tertiary/aromatic N) is 2.